The highest BCUT2D eigenvalue weighted by Gasteiger charge is 2.24. The van der Waals surface area contributed by atoms with E-state index in [0.29, 0.717) is 5.70 Å². The van der Waals surface area contributed by atoms with Crippen LogP contribution in [0.5, 0.6) is 0 Å². The Balaban J connectivity index is 2.26. The third kappa shape index (κ3) is 4.06. The quantitative estimate of drug-likeness (QED) is 0.891. The van der Waals surface area contributed by atoms with Crippen molar-refractivity contribution in [3.8, 4) is 0 Å². The van der Waals surface area contributed by atoms with Crippen LogP contribution in [0.2, 0.25) is 0 Å². The van der Waals surface area contributed by atoms with E-state index in [4.69, 9.17) is 0 Å². The van der Waals surface area contributed by atoms with Gasteiger partial charge in [-0.3, -0.25) is 14.9 Å². The van der Waals surface area contributed by atoms with Crippen molar-refractivity contribution in [2.45, 2.75) is 12.8 Å². The second kappa shape index (κ2) is 7.22. The molecule has 0 aliphatic carbocycles. The van der Waals surface area contributed by atoms with E-state index in [1.54, 1.807) is 0 Å². The van der Waals surface area contributed by atoms with E-state index in [2.05, 4.69) is 17.2 Å². The molecule has 2 aromatic rings. The average molecular weight is 294 g/mol. The maximum Gasteiger partial charge on any atom is 0.240 e. The molecule has 2 N–H and O–H groups in total. The van der Waals surface area contributed by atoms with E-state index in [1.165, 1.54) is 6.92 Å². The summed E-state index contributed by atoms with van der Waals surface area (Å²) in [5, 5.41) is 5.46. The molecule has 2 amide bonds. The smallest absolute Gasteiger partial charge is 0.240 e. The van der Waals surface area contributed by atoms with Crippen LogP contribution in [-0.4, -0.2) is 11.8 Å². The SMILES string of the molecule is C=C(Nc1ccccc1)[C@@H](C(=O)NC(C)=O)c1ccccc1. The zero-order valence-electron chi connectivity index (χ0n) is 12.4. The molecule has 0 saturated carbocycles. The molecular formula is C18H18N2O2. The van der Waals surface area contributed by atoms with Crippen LogP contribution in [0.3, 0.4) is 0 Å². The molecule has 0 fully saturated rings. The zero-order chi connectivity index (χ0) is 15.9. The minimum atomic E-state index is -0.648. The Morgan fingerprint density at radius 2 is 1.50 bits per heavy atom. The molecule has 0 saturated heterocycles. The van der Waals surface area contributed by atoms with Crippen LogP contribution in [0.25, 0.3) is 0 Å². The molecule has 4 nitrogen and oxygen atoms in total. The summed E-state index contributed by atoms with van der Waals surface area (Å²) in [5.41, 5.74) is 2.12. The Morgan fingerprint density at radius 3 is 2.05 bits per heavy atom. The van der Waals surface area contributed by atoms with Gasteiger partial charge in [0, 0.05) is 18.3 Å². The molecule has 0 aromatic heterocycles. The molecule has 0 aliphatic heterocycles. The highest BCUT2D eigenvalue weighted by Crippen LogP contribution is 2.25. The van der Waals surface area contributed by atoms with E-state index < -0.39 is 17.7 Å². The zero-order valence-corrected chi connectivity index (χ0v) is 12.4. The summed E-state index contributed by atoms with van der Waals surface area (Å²) in [6.07, 6.45) is 0. The summed E-state index contributed by atoms with van der Waals surface area (Å²) in [7, 11) is 0. The molecule has 0 heterocycles. The maximum atomic E-state index is 12.4. The second-order valence-corrected chi connectivity index (χ2v) is 4.91. The maximum absolute atomic E-state index is 12.4. The van der Waals surface area contributed by atoms with Crippen molar-refractivity contribution in [2.75, 3.05) is 5.32 Å². The Kier molecular flexibility index (Phi) is 5.09. The van der Waals surface area contributed by atoms with Gasteiger partial charge in [0.25, 0.3) is 0 Å². The molecule has 0 aliphatic rings. The highest BCUT2D eigenvalue weighted by molar-refractivity contribution is 5.99. The number of hydrogen-bond donors (Lipinski definition) is 2. The molecule has 4 heteroatoms. The molecule has 0 unspecified atom stereocenters. The topological polar surface area (TPSA) is 58.2 Å². The normalized spacial score (nSPS) is 11.3. The molecule has 112 valence electrons. The number of rotatable bonds is 5. The van der Waals surface area contributed by atoms with Crippen LogP contribution in [0, 0.1) is 0 Å². The number of nitrogens with one attached hydrogen (secondary N) is 2. The summed E-state index contributed by atoms with van der Waals surface area (Å²) < 4.78 is 0. The molecule has 22 heavy (non-hydrogen) atoms. The first-order valence-corrected chi connectivity index (χ1v) is 6.95. The van der Waals surface area contributed by atoms with Gasteiger partial charge in [0.15, 0.2) is 0 Å². The summed E-state index contributed by atoms with van der Waals surface area (Å²) in [4.78, 5) is 23.5. The van der Waals surface area contributed by atoms with Crippen LogP contribution in [0.15, 0.2) is 72.9 Å². The minimum Gasteiger partial charge on any atom is -0.358 e. The Labute approximate surface area is 129 Å². The number of benzene rings is 2. The second-order valence-electron chi connectivity index (χ2n) is 4.91. The third-order valence-electron chi connectivity index (χ3n) is 3.12. The van der Waals surface area contributed by atoms with E-state index in [0.717, 1.165) is 11.3 Å². The van der Waals surface area contributed by atoms with Gasteiger partial charge >= 0.3 is 0 Å². The van der Waals surface area contributed by atoms with E-state index in [9.17, 15) is 9.59 Å². The number of hydrogen-bond acceptors (Lipinski definition) is 3. The monoisotopic (exact) mass is 294 g/mol. The summed E-state index contributed by atoms with van der Waals surface area (Å²) in [6, 6.07) is 18.7. The van der Waals surface area contributed by atoms with Crippen molar-refractivity contribution in [3.63, 3.8) is 0 Å². The van der Waals surface area contributed by atoms with Gasteiger partial charge in [-0.25, -0.2) is 0 Å². The van der Waals surface area contributed by atoms with Gasteiger partial charge in [0.05, 0.1) is 0 Å². The molecule has 1 atom stereocenters. The van der Waals surface area contributed by atoms with Gasteiger partial charge in [-0.05, 0) is 17.7 Å². The minimum absolute atomic E-state index is 0.390. The first-order valence-electron chi connectivity index (χ1n) is 6.95. The number of carbonyl (C=O) groups excluding carboxylic acids is 2. The number of anilines is 1. The molecule has 0 radical (unpaired) electrons. The van der Waals surface area contributed by atoms with Gasteiger partial charge in [-0.1, -0.05) is 55.1 Å². The Hall–Kier alpha value is -2.88. The van der Waals surface area contributed by atoms with Crippen molar-refractivity contribution in [1.82, 2.24) is 5.32 Å². The first kappa shape index (κ1) is 15.5. The standard InChI is InChI=1S/C18H18N2O2/c1-13(19-16-11-7-4-8-12-16)17(18(22)20-14(2)21)15-9-5-3-6-10-15/h3-12,17,19H,1H2,2H3,(H,20,21,22)/t17-/m1/s1. The lowest BCUT2D eigenvalue weighted by Gasteiger charge is -2.20. The lowest BCUT2D eigenvalue weighted by atomic mass is 9.95. The Bertz CT molecular complexity index is 666. The van der Waals surface area contributed by atoms with Crippen LogP contribution in [0.1, 0.15) is 18.4 Å². The molecule has 2 rings (SSSR count). The van der Waals surface area contributed by atoms with E-state index in [1.807, 2.05) is 60.7 Å². The molecule has 0 bridgehead atoms. The van der Waals surface area contributed by atoms with Gasteiger partial charge in [0.1, 0.15) is 5.92 Å². The van der Waals surface area contributed by atoms with E-state index >= 15 is 0 Å². The van der Waals surface area contributed by atoms with Gasteiger partial charge < -0.3 is 5.32 Å². The fraction of sp³-hybridized carbons (Fsp3) is 0.111. The lowest BCUT2D eigenvalue weighted by molar-refractivity contribution is -0.129. The van der Waals surface area contributed by atoms with Crippen LogP contribution in [0.4, 0.5) is 5.69 Å². The Morgan fingerprint density at radius 1 is 0.955 bits per heavy atom. The lowest BCUT2D eigenvalue weighted by Crippen LogP contribution is -2.34. The van der Waals surface area contributed by atoms with Crippen LogP contribution < -0.4 is 10.6 Å². The molecule has 0 spiro atoms. The highest BCUT2D eigenvalue weighted by atomic mass is 16.2. The number of imide groups is 1. The van der Waals surface area contributed by atoms with Gasteiger partial charge in [0.2, 0.25) is 11.8 Å². The first-order chi connectivity index (χ1) is 10.6. The van der Waals surface area contributed by atoms with Crippen molar-refractivity contribution in [2.24, 2.45) is 0 Å². The predicted molar refractivity (Wildman–Crippen MR) is 87.2 cm³/mol. The summed E-state index contributed by atoms with van der Waals surface area (Å²) >= 11 is 0. The number of amides is 2. The summed E-state index contributed by atoms with van der Waals surface area (Å²) in [6.45, 7) is 5.28. The van der Waals surface area contributed by atoms with Crippen molar-refractivity contribution in [1.29, 1.82) is 0 Å². The van der Waals surface area contributed by atoms with Crippen LogP contribution in [-0.2, 0) is 9.59 Å². The van der Waals surface area contributed by atoms with Gasteiger partial charge in [-0.15, -0.1) is 0 Å². The predicted octanol–water partition coefficient (Wildman–Crippen LogP) is 3.06. The fourth-order valence-corrected chi connectivity index (χ4v) is 2.18. The average Bonchev–Trinajstić information content (AvgIpc) is 2.48. The number of para-hydroxylation sites is 1. The molecular weight excluding hydrogens is 276 g/mol. The van der Waals surface area contributed by atoms with Crippen molar-refractivity contribution < 1.29 is 9.59 Å². The largest absolute Gasteiger partial charge is 0.358 e. The summed E-state index contributed by atoms with van der Waals surface area (Å²) in [5.74, 6) is -1.43. The third-order valence-corrected chi connectivity index (χ3v) is 3.12. The fourth-order valence-electron chi connectivity index (χ4n) is 2.18. The number of carbonyl (C=O) groups is 2. The molecule has 2 aromatic carbocycles. The van der Waals surface area contributed by atoms with Crippen molar-refractivity contribution >= 4 is 17.5 Å². The van der Waals surface area contributed by atoms with Gasteiger partial charge in [-0.2, -0.15) is 0 Å². The van der Waals surface area contributed by atoms with E-state index in [-0.39, 0.29) is 0 Å². The van der Waals surface area contributed by atoms with Crippen LogP contribution >= 0.6 is 0 Å². The van der Waals surface area contributed by atoms with Crippen molar-refractivity contribution in [3.05, 3.63) is 78.5 Å².